The van der Waals surface area contributed by atoms with Gasteiger partial charge in [-0.3, -0.25) is 14.6 Å². The molecule has 1 aliphatic rings. The van der Waals surface area contributed by atoms with Crippen LogP contribution in [-0.4, -0.2) is 71.0 Å². The lowest BCUT2D eigenvalue weighted by Crippen LogP contribution is -2.50. The zero-order valence-electron chi connectivity index (χ0n) is 16.6. The first kappa shape index (κ1) is 20.6. The third-order valence-electron chi connectivity index (χ3n) is 4.64. The normalized spacial score (nSPS) is 13.8. The van der Waals surface area contributed by atoms with Crippen LogP contribution in [0.15, 0.2) is 42.9 Å². The van der Waals surface area contributed by atoms with Gasteiger partial charge in [-0.25, -0.2) is 4.98 Å². The first-order valence-corrected chi connectivity index (χ1v) is 9.86. The van der Waals surface area contributed by atoms with Crippen molar-refractivity contribution in [3.8, 4) is 11.5 Å². The van der Waals surface area contributed by atoms with Gasteiger partial charge in [0.05, 0.1) is 19.4 Å². The van der Waals surface area contributed by atoms with Gasteiger partial charge in [0.25, 0.3) is 5.91 Å². The van der Waals surface area contributed by atoms with E-state index in [1.807, 2.05) is 31.2 Å². The standard InChI is InChI=1S/C21H26N4O4/c1-2-28-18-6-3-4-7-19(18)29-15-5-8-20(26)24-11-13-25(14-12-24)21(27)17-16-22-9-10-23-17/h3-4,6-7,9-10,16H,2,5,8,11-15H2,1H3. The largest absolute Gasteiger partial charge is 0.490 e. The minimum atomic E-state index is -0.147. The van der Waals surface area contributed by atoms with Gasteiger partial charge < -0.3 is 19.3 Å². The molecular weight excluding hydrogens is 372 g/mol. The molecule has 29 heavy (non-hydrogen) atoms. The highest BCUT2D eigenvalue weighted by Gasteiger charge is 2.25. The molecular formula is C21H26N4O4. The molecule has 2 heterocycles. The lowest BCUT2D eigenvalue weighted by molar-refractivity contribution is -0.132. The van der Waals surface area contributed by atoms with Gasteiger partial charge >= 0.3 is 0 Å². The fourth-order valence-corrected chi connectivity index (χ4v) is 3.14. The Morgan fingerprint density at radius 2 is 1.69 bits per heavy atom. The molecule has 2 amide bonds. The van der Waals surface area contributed by atoms with E-state index in [0.717, 1.165) is 0 Å². The van der Waals surface area contributed by atoms with Gasteiger partial charge in [-0.15, -0.1) is 0 Å². The topological polar surface area (TPSA) is 84.9 Å². The zero-order chi connectivity index (χ0) is 20.5. The van der Waals surface area contributed by atoms with Gasteiger partial charge in [0.15, 0.2) is 11.5 Å². The van der Waals surface area contributed by atoms with Gasteiger partial charge in [-0.2, -0.15) is 0 Å². The van der Waals surface area contributed by atoms with Crippen molar-refractivity contribution >= 4 is 11.8 Å². The maximum Gasteiger partial charge on any atom is 0.274 e. The Kier molecular flexibility index (Phi) is 7.38. The molecule has 0 aliphatic carbocycles. The summed E-state index contributed by atoms with van der Waals surface area (Å²) in [5, 5.41) is 0. The molecule has 0 atom stereocenters. The molecule has 0 N–H and O–H groups in total. The number of rotatable bonds is 8. The molecule has 1 aromatic carbocycles. The van der Waals surface area contributed by atoms with Gasteiger partial charge in [0, 0.05) is 45.0 Å². The van der Waals surface area contributed by atoms with E-state index >= 15 is 0 Å². The Morgan fingerprint density at radius 3 is 2.34 bits per heavy atom. The summed E-state index contributed by atoms with van der Waals surface area (Å²) in [6.45, 7) is 5.00. The molecule has 8 heteroatoms. The van der Waals surface area contributed by atoms with Gasteiger partial charge in [0.2, 0.25) is 5.91 Å². The summed E-state index contributed by atoms with van der Waals surface area (Å²) in [4.78, 5) is 36.3. The highest BCUT2D eigenvalue weighted by Crippen LogP contribution is 2.26. The van der Waals surface area contributed by atoms with Crippen LogP contribution in [0.4, 0.5) is 0 Å². The molecule has 0 spiro atoms. The molecule has 3 rings (SSSR count). The molecule has 1 saturated heterocycles. The van der Waals surface area contributed by atoms with E-state index in [4.69, 9.17) is 9.47 Å². The van der Waals surface area contributed by atoms with Crippen molar-refractivity contribution in [2.45, 2.75) is 19.8 Å². The molecule has 0 radical (unpaired) electrons. The average molecular weight is 398 g/mol. The maximum absolute atomic E-state index is 12.4. The molecule has 0 saturated carbocycles. The summed E-state index contributed by atoms with van der Waals surface area (Å²) < 4.78 is 11.3. The van der Waals surface area contributed by atoms with E-state index in [2.05, 4.69) is 9.97 Å². The van der Waals surface area contributed by atoms with Crippen LogP contribution in [0.1, 0.15) is 30.3 Å². The van der Waals surface area contributed by atoms with Crippen LogP contribution in [0.25, 0.3) is 0 Å². The molecule has 2 aromatic rings. The van der Waals surface area contributed by atoms with E-state index in [1.54, 1.807) is 9.80 Å². The van der Waals surface area contributed by atoms with Crippen LogP contribution >= 0.6 is 0 Å². The zero-order valence-corrected chi connectivity index (χ0v) is 16.6. The summed E-state index contributed by atoms with van der Waals surface area (Å²) in [5.41, 5.74) is 0.330. The molecule has 154 valence electrons. The molecule has 1 aromatic heterocycles. The number of aromatic nitrogens is 2. The predicted octanol–water partition coefficient (Wildman–Crippen LogP) is 2.02. The van der Waals surface area contributed by atoms with Crippen molar-refractivity contribution in [2.24, 2.45) is 0 Å². The SMILES string of the molecule is CCOc1ccccc1OCCCC(=O)N1CCN(C(=O)c2cnccn2)CC1. The fraction of sp³-hybridized carbons (Fsp3) is 0.429. The summed E-state index contributed by atoms with van der Waals surface area (Å²) in [6.07, 6.45) is 5.53. The Balaban J connectivity index is 1.39. The maximum atomic E-state index is 12.4. The van der Waals surface area contributed by atoms with E-state index < -0.39 is 0 Å². The number of hydrogen-bond donors (Lipinski definition) is 0. The Morgan fingerprint density at radius 1 is 1.00 bits per heavy atom. The predicted molar refractivity (Wildman–Crippen MR) is 107 cm³/mol. The summed E-state index contributed by atoms with van der Waals surface area (Å²) in [6, 6.07) is 7.52. The second-order valence-electron chi connectivity index (χ2n) is 6.60. The number of benzene rings is 1. The first-order chi connectivity index (χ1) is 14.2. The number of nitrogens with zero attached hydrogens (tertiary/aromatic N) is 4. The Labute approximate surface area is 170 Å². The van der Waals surface area contributed by atoms with Crippen molar-refractivity contribution in [1.82, 2.24) is 19.8 Å². The van der Waals surface area contributed by atoms with Crippen LogP contribution < -0.4 is 9.47 Å². The molecule has 0 bridgehead atoms. The summed E-state index contributed by atoms with van der Waals surface area (Å²) in [5.74, 6) is 1.34. The van der Waals surface area contributed by atoms with Crippen molar-refractivity contribution in [1.29, 1.82) is 0 Å². The number of carbonyl (C=O) groups excluding carboxylic acids is 2. The molecule has 0 unspecified atom stereocenters. The van der Waals surface area contributed by atoms with Crippen LogP contribution in [0.5, 0.6) is 11.5 Å². The molecule has 1 fully saturated rings. The van der Waals surface area contributed by atoms with Gasteiger partial charge in [-0.1, -0.05) is 12.1 Å². The Hall–Kier alpha value is -3.16. The van der Waals surface area contributed by atoms with E-state index in [1.165, 1.54) is 18.6 Å². The molecule has 1 aliphatic heterocycles. The third-order valence-corrected chi connectivity index (χ3v) is 4.64. The monoisotopic (exact) mass is 398 g/mol. The average Bonchev–Trinajstić information content (AvgIpc) is 2.78. The number of para-hydroxylation sites is 2. The van der Waals surface area contributed by atoms with Crippen LogP contribution in [0.2, 0.25) is 0 Å². The number of carbonyl (C=O) groups is 2. The van der Waals surface area contributed by atoms with Crippen LogP contribution in [0, 0.1) is 0 Å². The number of hydrogen-bond acceptors (Lipinski definition) is 6. The number of piperazine rings is 1. The van der Waals surface area contributed by atoms with Crippen molar-refractivity contribution in [2.75, 3.05) is 39.4 Å². The lowest BCUT2D eigenvalue weighted by atomic mass is 10.2. The van der Waals surface area contributed by atoms with Crippen LogP contribution in [0.3, 0.4) is 0 Å². The second kappa shape index (κ2) is 10.4. The van der Waals surface area contributed by atoms with E-state index in [0.29, 0.717) is 69.4 Å². The van der Waals surface area contributed by atoms with Crippen molar-refractivity contribution < 1.29 is 19.1 Å². The number of ether oxygens (including phenoxy) is 2. The van der Waals surface area contributed by atoms with E-state index in [-0.39, 0.29) is 11.8 Å². The fourth-order valence-electron chi connectivity index (χ4n) is 3.14. The van der Waals surface area contributed by atoms with Crippen molar-refractivity contribution in [3.05, 3.63) is 48.5 Å². The second-order valence-corrected chi connectivity index (χ2v) is 6.60. The highest BCUT2D eigenvalue weighted by atomic mass is 16.5. The number of amides is 2. The minimum absolute atomic E-state index is 0.0818. The smallest absolute Gasteiger partial charge is 0.274 e. The van der Waals surface area contributed by atoms with Gasteiger partial charge in [-0.05, 0) is 25.5 Å². The minimum Gasteiger partial charge on any atom is -0.490 e. The third kappa shape index (κ3) is 5.66. The summed E-state index contributed by atoms with van der Waals surface area (Å²) >= 11 is 0. The lowest BCUT2D eigenvalue weighted by Gasteiger charge is -2.34. The summed E-state index contributed by atoms with van der Waals surface area (Å²) in [7, 11) is 0. The molecule has 8 nitrogen and oxygen atoms in total. The highest BCUT2D eigenvalue weighted by molar-refractivity contribution is 5.92. The van der Waals surface area contributed by atoms with Crippen molar-refractivity contribution in [3.63, 3.8) is 0 Å². The first-order valence-electron chi connectivity index (χ1n) is 9.86. The quantitative estimate of drug-likeness (QED) is 0.633. The van der Waals surface area contributed by atoms with Gasteiger partial charge in [0.1, 0.15) is 5.69 Å². The Bertz CT molecular complexity index is 807. The van der Waals surface area contributed by atoms with E-state index in [9.17, 15) is 9.59 Å². The van der Waals surface area contributed by atoms with Crippen LogP contribution in [-0.2, 0) is 4.79 Å².